The summed E-state index contributed by atoms with van der Waals surface area (Å²) in [5.74, 6) is 0.660. The molecule has 22 heavy (non-hydrogen) atoms. The van der Waals surface area contributed by atoms with E-state index < -0.39 is 0 Å². The fourth-order valence-corrected chi connectivity index (χ4v) is 3.72. The van der Waals surface area contributed by atoms with Gasteiger partial charge in [-0.15, -0.1) is 0 Å². The molecule has 3 rings (SSSR count). The topological polar surface area (TPSA) is 48.4 Å². The molecule has 0 amide bonds. The number of pyridine rings is 1. The summed E-state index contributed by atoms with van der Waals surface area (Å²) >= 11 is 7.01. The lowest BCUT2D eigenvalue weighted by Gasteiger charge is -2.23. The smallest absolute Gasteiger partial charge is 0.309 e. The van der Waals surface area contributed by atoms with Crippen molar-refractivity contribution in [2.24, 2.45) is 5.92 Å². The highest BCUT2D eigenvalue weighted by atomic mass is 79.9. The predicted molar refractivity (Wildman–Crippen MR) is 90.9 cm³/mol. The van der Waals surface area contributed by atoms with Gasteiger partial charge in [-0.2, -0.15) is 0 Å². The first kappa shape index (κ1) is 15.7. The van der Waals surface area contributed by atoms with Crippen LogP contribution in [0.3, 0.4) is 0 Å². The zero-order chi connectivity index (χ0) is 15.5. The van der Waals surface area contributed by atoms with Crippen LogP contribution in [0.1, 0.15) is 19.3 Å². The SMILES string of the molecule is O=C(OCCOc1c(Br)cc(Br)c2cccnc12)C1CCC1. The van der Waals surface area contributed by atoms with Crippen LogP contribution < -0.4 is 4.74 Å². The molecule has 1 heterocycles. The Balaban J connectivity index is 1.65. The molecule has 0 saturated heterocycles. The molecule has 0 atom stereocenters. The third-order valence-corrected chi connectivity index (χ3v) is 5.01. The van der Waals surface area contributed by atoms with E-state index in [9.17, 15) is 4.79 Å². The van der Waals surface area contributed by atoms with Crippen LogP contribution in [0.4, 0.5) is 0 Å². The fraction of sp³-hybridized carbons (Fsp3) is 0.375. The Hall–Kier alpha value is -1.14. The van der Waals surface area contributed by atoms with Crippen LogP contribution in [0.5, 0.6) is 5.75 Å². The molecule has 2 aromatic rings. The first-order chi connectivity index (χ1) is 10.7. The van der Waals surface area contributed by atoms with E-state index in [4.69, 9.17) is 9.47 Å². The first-order valence-electron chi connectivity index (χ1n) is 7.19. The molecule has 4 nitrogen and oxygen atoms in total. The third-order valence-electron chi connectivity index (χ3n) is 3.76. The Morgan fingerprint density at radius 2 is 2.09 bits per heavy atom. The minimum absolute atomic E-state index is 0.0990. The highest BCUT2D eigenvalue weighted by Crippen LogP contribution is 2.37. The van der Waals surface area contributed by atoms with E-state index >= 15 is 0 Å². The molecule has 1 aromatic carbocycles. The Morgan fingerprint density at radius 1 is 1.27 bits per heavy atom. The van der Waals surface area contributed by atoms with Gasteiger partial charge in [0, 0.05) is 16.1 Å². The maximum atomic E-state index is 11.7. The van der Waals surface area contributed by atoms with Crippen molar-refractivity contribution in [3.8, 4) is 5.75 Å². The highest BCUT2D eigenvalue weighted by molar-refractivity contribution is 9.11. The number of carbonyl (C=O) groups excluding carboxylic acids is 1. The van der Waals surface area contributed by atoms with Gasteiger partial charge in [-0.25, -0.2) is 0 Å². The van der Waals surface area contributed by atoms with Gasteiger partial charge in [0.05, 0.1) is 10.4 Å². The first-order valence-corrected chi connectivity index (χ1v) is 8.77. The molecule has 0 unspecified atom stereocenters. The van der Waals surface area contributed by atoms with E-state index in [-0.39, 0.29) is 18.5 Å². The summed E-state index contributed by atoms with van der Waals surface area (Å²) in [5, 5.41) is 0.979. The summed E-state index contributed by atoms with van der Waals surface area (Å²) in [5.41, 5.74) is 0.772. The van der Waals surface area contributed by atoms with E-state index in [1.807, 2.05) is 18.2 Å². The number of aromatic nitrogens is 1. The van der Waals surface area contributed by atoms with Crippen LogP contribution >= 0.6 is 31.9 Å². The number of ether oxygens (including phenoxy) is 2. The number of halogens is 2. The van der Waals surface area contributed by atoms with Gasteiger partial charge in [0.25, 0.3) is 0 Å². The molecule has 1 fully saturated rings. The fourth-order valence-electron chi connectivity index (χ4n) is 2.33. The van der Waals surface area contributed by atoms with Gasteiger partial charge >= 0.3 is 5.97 Å². The lowest BCUT2D eigenvalue weighted by molar-refractivity contribution is -0.152. The van der Waals surface area contributed by atoms with Gasteiger partial charge in [-0.1, -0.05) is 28.4 Å². The second-order valence-electron chi connectivity index (χ2n) is 5.21. The lowest BCUT2D eigenvalue weighted by atomic mass is 9.86. The number of hydrogen-bond donors (Lipinski definition) is 0. The number of nitrogens with zero attached hydrogens (tertiary/aromatic N) is 1. The molecule has 1 aromatic heterocycles. The monoisotopic (exact) mass is 427 g/mol. The van der Waals surface area contributed by atoms with Crippen LogP contribution in [0.2, 0.25) is 0 Å². The maximum absolute atomic E-state index is 11.7. The van der Waals surface area contributed by atoms with Crippen molar-refractivity contribution in [2.75, 3.05) is 13.2 Å². The lowest BCUT2D eigenvalue weighted by Crippen LogP contribution is -2.25. The number of esters is 1. The van der Waals surface area contributed by atoms with Crippen LogP contribution in [-0.4, -0.2) is 24.2 Å². The minimum atomic E-state index is -0.104. The summed E-state index contributed by atoms with van der Waals surface area (Å²) < 4.78 is 12.8. The van der Waals surface area contributed by atoms with E-state index in [1.165, 1.54) is 0 Å². The summed E-state index contributed by atoms with van der Waals surface area (Å²) in [6.45, 7) is 0.566. The van der Waals surface area contributed by atoms with Gasteiger partial charge in [0.1, 0.15) is 18.7 Å². The highest BCUT2D eigenvalue weighted by Gasteiger charge is 2.26. The molecule has 1 aliphatic carbocycles. The van der Waals surface area contributed by atoms with Gasteiger partial charge in [-0.05, 0) is 40.9 Å². The van der Waals surface area contributed by atoms with Crippen molar-refractivity contribution in [3.05, 3.63) is 33.3 Å². The maximum Gasteiger partial charge on any atom is 0.309 e. The quantitative estimate of drug-likeness (QED) is 0.520. The third kappa shape index (κ3) is 3.27. The Bertz CT molecular complexity index is 701. The van der Waals surface area contributed by atoms with Gasteiger partial charge < -0.3 is 9.47 Å². The number of hydrogen-bond acceptors (Lipinski definition) is 4. The number of fused-ring (bicyclic) bond motifs is 1. The van der Waals surface area contributed by atoms with Crippen molar-refractivity contribution >= 4 is 48.7 Å². The minimum Gasteiger partial charge on any atom is -0.487 e. The molecule has 0 spiro atoms. The standard InChI is InChI=1S/C16H15Br2NO3/c17-12-9-13(18)15(14-11(12)5-2-6-19-14)21-7-8-22-16(20)10-3-1-4-10/h2,5-6,9-10H,1,3-4,7-8H2. The predicted octanol–water partition coefficient (Wildman–Crippen LogP) is 4.48. The summed E-state index contributed by atoms with van der Waals surface area (Å²) in [7, 11) is 0. The Labute approximate surface area is 145 Å². The van der Waals surface area contributed by atoms with E-state index in [1.54, 1.807) is 6.20 Å². The molecule has 6 heteroatoms. The molecule has 0 radical (unpaired) electrons. The van der Waals surface area contributed by atoms with Crippen LogP contribution in [0.15, 0.2) is 33.3 Å². The Kier molecular flexibility index (Phi) is 4.98. The average molecular weight is 429 g/mol. The number of benzene rings is 1. The molecule has 0 N–H and O–H groups in total. The molecular formula is C16H15Br2NO3. The van der Waals surface area contributed by atoms with Gasteiger partial charge in [0.2, 0.25) is 0 Å². The van der Waals surface area contributed by atoms with E-state index in [0.29, 0.717) is 12.4 Å². The molecule has 0 aliphatic heterocycles. The van der Waals surface area contributed by atoms with Gasteiger partial charge in [-0.3, -0.25) is 9.78 Å². The zero-order valence-corrected chi connectivity index (χ0v) is 15.0. The van der Waals surface area contributed by atoms with Crippen molar-refractivity contribution in [2.45, 2.75) is 19.3 Å². The van der Waals surface area contributed by atoms with Crippen molar-refractivity contribution in [1.29, 1.82) is 0 Å². The Morgan fingerprint density at radius 3 is 2.82 bits per heavy atom. The van der Waals surface area contributed by atoms with Crippen molar-refractivity contribution < 1.29 is 14.3 Å². The molecular weight excluding hydrogens is 414 g/mol. The van der Waals surface area contributed by atoms with Crippen LogP contribution in [0.25, 0.3) is 10.9 Å². The number of rotatable bonds is 5. The second-order valence-corrected chi connectivity index (χ2v) is 6.92. The summed E-state index contributed by atoms with van der Waals surface area (Å²) in [4.78, 5) is 16.0. The molecule has 116 valence electrons. The van der Waals surface area contributed by atoms with Crippen molar-refractivity contribution in [3.63, 3.8) is 0 Å². The molecule has 0 bridgehead atoms. The summed E-state index contributed by atoms with van der Waals surface area (Å²) in [6.07, 6.45) is 4.75. The number of carbonyl (C=O) groups is 1. The molecule has 1 aliphatic rings. The van der Waals surface area contributed by atoms with Crippen molar-refractivity contribution in [1.82, 2.24) is 4.98 Å². The average Bonchev–Trinajstić information content (AvgIpc) is 2.44. The molecule has 1 saturated carbocycles. The van der Waals surface area contributed by atoms with E-state index in [0.717, 1.165) is 39.1 Å². The summed E-state index contributed by atoms with van der Waals surface area (Å²) in [6, 6.07) is 5.78. The van der Waals surface area contributed by atoms with Crippen LogP contribution in [0, 0.1) is 5.92 Å². The van der Waals surface area contributed by atoms with Crippen LogP contribution in [-0.2, 0) is 9.53 Å². The zero-order valence-electron chi connectivity index (χ0n) is 11.9. The van der Waals surface area contributed by atoms with E-state index in [2.05, 4.69) is 36.8 Å². The van der Waals surface area contributed by atoms with Gasteiger partial charge in [0.15, 0.2) is 5.75 Å². The second kappa shape index (κ2) is 6.96. The largest absolute Gasteiger partial charge is 0.487 e. The normalized spacial score (nSPS) is 14.6.